The van der Waals surface area contributed by atoms with Crippen molar-refractivity contribution in [2.45, 2.75) is 31.8 Å². The van der Waals surface area contributed by atoms with Gasteiger partial charge in [-0.05, 0) is 25.3 Å². The molecule has 1 amide bonds. The Hall–Kier alpha value is -2.18. The first-order chi connectivity index (χ1) is 10.6. The molecule has 0 aliphatic carbocycles. The van der Waals surface area contributed by atoms with E-state index in [0.717, 1.165) is 12.8 Å². The van der Waals surface area contributed by atoms with Crippen LogP contribution in [0.5, 0.6) is 0 Å². The molecule has 118 valence electrons. The molecule has 0 spiro atoms. The fourth-order valence-electron chi connectivity index (χ4n) is 2.04. The number of rotatable bonds is 7. The summed E-state index contributed by atoms with van der Waals surface area (Å²) in [6, 6.07) is 9.41. The summed E-state index contributed by atoms with van der Waals surface area (Å²) in [7, 11) is 0. The molecule has 1 aromatic carbocycles. The number of nitrogens with two attached hydrogens (primary N) is 1. The van der Waals surface area contributed by atoms with Crippen molar-refractivity contribution in [1.29, 1.82) is 0 Å². The minimum atomic E-state index is -0.711. The van der Waals surface area contributed by atoms with E-state index in [1.54, 1.807) is 0 Å². The van der Waals surface area contributed by atoms with Crippen LogP contribution in [0.1, 0.15) is 41.3 Å². The Bertz CT molecular complexity index is 598. The zero-order chi connectivity index (χ0) is 15.9. The van der Waals surface area contributed by atoms with Crippen molar-refractivity contribution in [2.75, 3.05) is 6.61 Å². The number of aromatic nitrogens is 1. The molecule has 1 aromatic heterocycles. The van der Waals surface area contributed by atoms with Crippen molar-refractivity contribution in [3.8, 4) is 0 Å². The van der Waals surface area contributed by atoms with E-state index in [0.29, 0.717) is 0 Å². The van der Waals surface area contributed by atoms with Gasteiger partial charge in [-0.3, -0.25) is 4.79 Å². The topological polar surface area (TPSA) is 101 Å². The van der Waals surface area contributed by atoms with Crippen LogP contribution in [-0.2, 0) is 6.42 Å². The first kappa shape index (κ1) is 16.2. The van der Waals surface area contributed by atoms with Gasteiger partial charge in [0.15, 0.2) is 5.69 Å². The van der Waals surface area contributed by atoms with Gasteiger partial charge in [0.05, 0.1) is 6.61 Å². The zero-order valence-corrected chi connectivity index (χ0v) is 12.5. The number of aryl methyl sites for hydroxylation is 1. The van der Waals surface area contributed by atoms with Crippen LogP contribution >= 0.6 is 0 Å². The third-order valence-electron chi connectivity index (χ3n) is 3.35. The van der Waals surface area contributed by atoms with Crippen LogP contribution in [0.25, 0.3) is 0 Å². The molecule has 1 heterocycles. The molecule has 0 saturated carbocycles. The molecule has 6 nitrogen and oxygen atoms in total. The quantitative estimate of drug-likeness (QED) is 0.718. The number of aliphatic hydroxyl groups is 1. The van der Waals surface area contributed by atoms with Crippen LogP contribution < -0.4 is 11.1 Å². The first-order valence-corrected chi connectivity index (χ1v) is 7.26. The third kappa shape index (κ3) is 4.41. The lowest BCUT2D eigenvalue weighted by molar-refractivity contribution is 0.0933. The highest BCUT2D eigenvalue weighted by atomic mass is 16.3. The summed E-state index contributed by atoms with van der Waals surface area (Å²) in [5.41, 5.74) is 6.99. The van der Waals surface area contributed by atoms with Crippen molar-refractivity contribution < 1.29 is 14.3 Å². The number of nitrogens with zero attached hydrogens (tertiary/aromatic N) is 1. The van der Waals surface area contributed by atoms with Crippen LogP contribution in [0.3, 0.4) is 0 Å². The van der Waals surface area contributed by atoms with Crippen LogP contribution in [0.2, 0.25) is 0 Å². The molecule has 2 rings (SSSR count). The number of aliphatic hydroxyl groups excluding tert-OH is 1. The van der Waals surface area contributed by atoms with E-state index >= 15 is 0 Å². The van der Waals surface area contributed by atoms with Gasteiger partial charge in [0.25, 0.3) is 5.91 Å². The highest BCUT2D eigenvalue weighted by molar-refractivity contribution is 5.92. The fraction of sp³-hybridized carbons (Fsp3) is 0.375. The molecule has 0 aliphatic rings. The van der Waals surface area contributed by atoms with Gasteiger partial charge in [-0.25, -0.2) is 4.98 Å². The molecule has 0 aliphatic heterocycles. The van der Waals surface area contributed by atoms with Crippen molar-refractivity contribution in [2.24, 2.45) is 5.73 Å². The van der Waals surface area contributed by atoms with E-state index in [-0.39, 0.29) is 30.1 Å². The molecule has 2 atom stereocenters. The summed E-state index contributed by atoms with van der Waals surface area (Å²) in [5.74, 6) is -0.148. The molecule has 4 N–H and O–H groups in total. The van der Waals surface area contributed by atoms with E-state index < -0.39 is 6.04 Å². The van der Waals surface area contributed by atoms with Gasteiger partial charge in [-0.2, -0.15) is 0 Å². The molecule has 2 unspecified atom stereocenters. The number of hydrogen-bond acceptors (Lipinski definition) is 5. The maximum absolute atomic E-state index is 12.1. The summed E-state index contributed by atoms with van der Waals surface area (Å²) in [6.07, 6.45) is 2.97. The summed E-state index contributed by atoms with van der Waals surface area (Å²) >= 11 is 0. The highest BCUT2D eigenvalue weighted by Crippen LogP contribution is 2.10. The predicted octanol–water partition coefficient (Wildman–Crippen LogP) is 1.42. The van der Waals surface area contributed by atoms with Crippen LogP contribution in [-0.4, -0.2) is 28.6 Å². The molecule has 22 heavy (non-hydrogen) atoms. The van der Waals surface area contributed by atoms with Gasteiger partial charge in [0.2, 0.25) is 5.89 Å². The highest BCUT2D eigenvalue weighted by Gasteiger charge is 2.17. The lowest BCUT2D eigenvalue weighted by Crippen LogP contribution is -2.33. The molecule has 0 bridgehead atoms. The summed E-state index contributed by atoms with van der Waals surface area (Å²) < 4.78 is 5.09. The Labute approximate surface area is 129 Å². The lowest BCUT2D eigenvalue weighted by atomic mass is 10.1. The van der Waals surface area contributed by atoms with E-state index in [9.17, 15) is 4.79 Å². The number of nitrogens with one attached hydrogen (secondary N) is 1. The van der Waals surface area contributed by atoms with Crippen molar-refractivity contribution >= 4 is 5.91 Å². The van der Waals surface area contributed by atoms with Gasteiger partial charge >= 0.3 is 0 Å². The van der Waals surface area contributed by atoms with E-state index in [4.69, 9.17) is 15.3 Å². The Morgan fingerprint density at radius 1 is 1.41 bits per heavy atom. The minimum Gasteiger partial charge on any atom is -0.446 e. The number of amides is 1. The first-order valence-electron chi connectivity index (χ1n) is 7.26. The smallest absolute Gasteiger partial charge is 0.273 e. The molecular weight excluding hydrogens is 282 g/mol. The van der Waals surface area contributed by atoms with Crippen LogP contribution in [0.4, 0.5) is 0 Å². The summed E-state index contributed by atoms with van der Waals surface area (Å²) in [6.45, 7) is 1.66. The number of carbonyl (C=O) groups is 1. The summed E-state index contributed by atoms with van der Waals surface area (Å²) in [4.78, 5) is 16.0. The molecule has 6 heteroatoms. The maximum atomic E-state index is 12.1. The Kier molecular flexibility index (Phi) is 5.68. The molecular formula is C16H21N3O3. The monoisotopic (exact) mass is 303 g/mol. The van der Waals surface area contributed by atoms with Crippen LogP contribution in [0.15, 0.2) is 41.0 Å². The Morgan fingerprint density at radius 3 is 2.82 bits per heavy atom. The number of carbonyl (C=O) groups excluding carboxylic acids is 1. The molecule has 2 aromatic rings. The van der Waals surface area contributed by atoms with Crippen molar-refractivity contribution in [3.63, 3.8) is 0 Å². The normalized spacial score (nSPS) is 13.6. The third-order valence-corrected chi connectivity index (χ3v) is 3.35. The molecule has 0 fully saturated rings. The maximum Gasteiger partial charge on any atom is 0.273 e. The van der Waals surface area contributed by atoms with E-state index in [1.807, 2.05) is 25.1 Å². The second-order valence-electron chi connectivity index (χ2n) is 5.26. The number of hydrogen-bond donors (Lipinski definition) is 3. The average molecular weight is 303 g/mol. The summed E-state index contributed by atoms with van der Waals surface area (Å²) in [5, 5.41) is 11.8. The van der Waals surface area contributed by atoms with E-state index in [1.165, 1.54) is 11.8 Å². The fourth-order valence-corrected chi connectivity index (χ4v) is 2.04. The van der Waals surface area contributed by atoms with Gasteiger partial charge < -0.3 is 20.6 Å². The second-order valence-corrected chi connectivity index (χ2v) is 5.26. The Morgan fingerprint density at radius 2 is 2.14 bits per heavy atom. The van der Waals surface area contributed by atoms with Gasteiger partial charge in [0, 0.05) is 6.04 Å². The zero-order valence-electron chi connectivity index (χ0n) is 12.5. The average Bonchev–Trinajstić information content (AvgIpc) is 3.03. The van der Waals surface area contributed by atoms with Gasteiger partial charge in [-0.1, -0.05) is 30.3 Å². The van der Waals surface area contributed by atoms with E-state index in [2.05, 4.69) is 22.4 Å². The SMILES string of the molecule is CC(CCc1ccccc1)NC(=O)c1coc(C(N)CO)n1. The second kappa shape index (κ2) is 7.72. The van der Waals surface area contributed by atoms with Crippen molar-refractivity contribution in [3.05, 3.63) is 53.7 Å². The predicted molar refractivity (Wildman–Crippen MR) is 82.2 cm³/mol. The van der Waals surface area contributed by atoms with Gasteiger partial charge in [0.1, 0.15) is 12.3 Å². The lowest BCUT2D eigenvalue weighted by Gasteiger charge is -2.12. The number of benzene rings is 1. The van der Waals surface area contributed by atoms with Gasteiger partial charge in [-0.15, -0.1) is 0 Å². The van der Waals surface area contributed by atoms with Crippen LogP contribution in [0, 0.1) is 0 Å². The largest absolute Gasteiger partial charge is 0.446 e. The van der Waals surface area contributed by atoms with Crippen molar-refractivity contribution in [1.82, 2.24) is 10.3 Å². The molecule has 0 radical (unpaired) electrons. The number of oxazole rings is 1. The molecule has 0 saturated heterocycles. The minimum absolute atomic E-state index is 0.0133. The Balaban J connectivity index is 1.84. The standard InChI is InChI=1S/C16H21N3O3/c1-11(7-8-12-5-3-2-4-6-12)18-15(21)14-10-22-16(19-14)13(17)9-20/h2-6,10-11,13,20H,7-9,17H2,1H3,(H,18,21).